The van der Waals surface area contributed by atoms with Gasteiger partial charge in [0.25, 0.3) is 11.5 Å². The van der Waals surface area contributed by atoms with Crippen molar-refractivity contribution in [3.63, 3.8) is 0 Å². The van der Waals surface area contributed by atoms with Crippen LogP contribution in [0.5, 0.6) is 0 Å². The van der Waals surface area contributed by atoms with Crippen LogP contribution in [0.2, 0.25) is 0 Å². The number of hydrogen-bond acceptors (Lipinski definition) is 7. The molecule has 1 unspecified atom stereocenters. The third-order valence-electron chi connectivity index (χ3n) is 6.34. The normalized spacial score (nSPS) is 15.1. The Morgan fingerprint density at radius 2 is 2.03 bits per heavy atom. The molecule has 7 nitrogen and oxygen atoms in total. The Morgan fingerprint density at radius 1 is 1.25 bits per heavy atom. The Hall–Kier alpha value is -2.95. The molecule has 0 aliphatic heterocycles. The standard InChI is InChI=1S/C26H26N4O3S3/c1-3-30-25(33)21-16-10-9-14(2)11-19(16)36-24(21)29-26(30)34-13-20(31)28-23-17(22(27)32)12-18(35-23)15-7-5-4-6-8-15/h4-8,12,14H,3,9-11,13H2,1-2H3,(H2,27,32)(H,28,31). The van der Waals surface area contributed by atoms with Gasteiger partial charge in [-0.2, -0.15) is 0 Å². The molecule has 3 heterocycles. The minimum atomic E-state index is -0.598. The predicted octanol–water partition coefficient (Wildman–Crippen LogP) is 5.16. The maximum atomic E-state index is 13.4. The van der Waals surface area contributed by atoms with Crippen LogP contribution in [0.15, 0.2) is 46.3 Å². The lowest BCUT2D eigenvalue weighted by Gasteiger charge is -2.17. The Kier molecular flexibility index (Phi) is 7.00. The number of carbonyl (C=O) groups is 2. The first kappa shape index (κ1) is 24.7. The number of nitrogens with zero attached hydrogens (tertiary/aromatic N) is 2. The second-order valence-electron chi connectivity index (χ2n) is 8.90. The summed E-state index contributed by atoms with van der Waals surface area (Å²) in [5.41, 5.74) is 7.92. The summed E-state index contributed by atoms with van der Waals surface area (Å²) in [7, 11) is 0. The molecule has 2 amide bonds. The molecule has 0 fully saturated rings. The van der Waals surface area contributed by atoms with Gasteiger partial charge in [0.2, 0.25) is 5.91 Å². The van der Waals surface area contributed by atoms with Crippen LogP contribution in [0.4, 0.5) is 5.00 Å². The molecule has 5 rings (SSSR count). The minimum absolute atomic E-state index is 0.0285. The molecule has 3 aromatic heterocycles. The van der Waals surface area contributed by atoms with Crippen molar-refractivity contribution in [2.45, 2.75) is 44.8 Å². The molecular weight excluding hydrogens is 513 g/mol. The van der Waals surface area contributed by atoms with Crippen LogP contribution in [-0.4, -0.2) is 27.1 Å². The molecule has 3 N–H and O–H groups in total. The predicted molar refractivity (Wildman–Crippen MR) is 148 cm³/mol. The Balaban J connectivity index is 1.37. The molecule has 4 aromatic rings. The first-order valence-electron chi connectivity index (χ1n) is 11.8. The Bertz CT molecular complexity index is 1520. The number of aromatic nitrogens is 2. The molecular formula is C26H26N4O3S3. The van der Waals surface area contributed by atoms with Crippen LogP contribution < -0.4 is 16.6 Å². The van der Waals surface area contributed by atoms with Gasteiger partial charge in [0, 0.05) is 16.3 Å². The van der Waals surface area contributed by atoms with E-state index in [-0.39, 0.29) is 22.8 Å². The summed E-state index contributed by atoms with van der Waals surface area (Å²) >= 11 is 4.14. The van der Waals surface area contributed by atoms with E-state index in [2.05, 4.69) is 12.2 Å². The van der Waals surface area contributed by atoms with Crippen LogP contribution in [0.3, 0.4) is 0 Å². The Labute approximate surface area is 220 Å². The second-order valence-corrected chi connectivity index (χ2v) is 12.0. The highest BCUT2D eigenvalue weighted by Crippen LogP contribution is 2.37. The monoisotopic (exact) mass is 538 g/mol. The number of amides is 2. The summed E-state index contributed by atoms with van der Waals surface area (Å²) in [6, 6.07) is 11.3. The molecule has 1 aliphatic carbocycles. The third-order valence-corrected chi connectivity index (χ3v) is 9.56. The molecule has 36 heavy (non-hydrogen) atoms. The summed E-state index contributed by atoms with van der Waals surface area (Å²) in [5.74, 6) is -0.224. The Morgan fingerprint density at radius 3 is 2.75 bits per heavy atom. The number of aryl methyl sites for hydroxylation is 1. The molecule has 0 spiro atoms. The molecule has 1 aromatic carbocycles. The van der Waals surface area contributed by atoms with Crippen LogP contribution in [0.1, 0.15) is 41.1 Å². The van der Waals surface area contributed by atoms with Crippen LogP contribution in [0, 0.1) is 5.92 Å². The number of fused-ring (bicyclic) bond motifs is 3. The highest BCUT2D eigenvalue weighted by atomic mass is 32.2. The van der Waals surface area contributed by atoms with E-state index >= 15 is 0 Å². The second kappa shape index (κ2) is 10.2. The summed E-state index contributed by atoms with van der Waals surface area (Å²) in [6.07, 6.45) is 2.99. The molecule has 1 atom stereocenters. The first-order chi connectivity index (χ1) is 17.4. The van der Waals surface area contributed by atoms with E-state index in [1.165, 1.54) is 28.0 Å². The number of thioether (sulfide) groups is 1. The average Bonchev–Trinajstić information content (AvgIpc) is 3.44. The highest BCUT2D eigenvalue weighted by Gasteiger charge is 2.25. The molecule has 0 bridgehead atoms. The van der Waals surface area contributed by atoms with E-state index in [4.69, 9.17) is 10.7 Å². The van der Waals surface area contributed by atoms with Crippen molar-refractivity contribution in [3.05, 3.63) is 62.8 Å². The van der Waals surface area contributed by atoms with Crippen molar-refractivity contribution in [3.8, 4) is 10.4 Å². The van der Waals surface area contributed by atoms with Crippen molar-refractivity contribution in [1.29, 1.82) is 0 Å². The van der Waals surface area contributed by atoms with Gasteiger partial charge in [0.15, 0.2) is 5.16 Å². The number of rotatable bonds is 7. The van der Waals surface area contributed by atoms with Gasteiger partial charge in [0.1, 0.15) is 9.83 Å². The molecule has 0 radical (unpaired) electrons. The quantitative estimate of drug-likeness (QED) is 0.250. The fourth-order valence-electron chi connectivity index (χ4n) is 4.50. The number of nitrogens with two attached hydrogens (primary N) is 1. The van der Waals surface area contributed by atoms with Gasteiger partial charge >= 0.3 is 0 Å². The van der Waals surface area contributed by atoms with Crippen molar-refractivity contribution in [1.82, 2.24) is 9.55 Å². The van der Waals surface area contributed by atoms with E-state index in [9.17, 15) is 14.4 Å². The zero-order chi connectivity index (χ0) is 25.4. The fourth-order valence-corrected chi connectivity index (χ4v) is 7.87. The topological polar surface area (TPSA) is 107 Å². The van der Waals surface area contributed by atoms with Gasteiger partial charge in [-0.1, -0.05) is 49.0 Å². The van der Waals surface area contributed by atoms with E-state index < -0.39 is 5.91 Å². The van der Waals surface area contributed by atoms with Crippen LogP contribution in [0.25, 0.3) is 20.7 Å². The lowest BCUT2D eigenvalue weighted by molar-refractivity contribution is -0.113. The molecule has 186 valence electrons. The van der Waals surface area contributed by atoms with Crippen LogP contribution in [-0.2, 0) is 24.2 Å². The number of nitrogens with one attached hydrogen (secondary N) is 1. The van der Waals surface area contributed by atoms with E-state index in [0.29, 0.717) is 22.6 Å². The number of benzene rings is 1. The van der Waals surface area contributed by atoms with E-state index in [1.54, 1.807) is 22.0 Å². The number of thiophene rings is 2. The van der Waals surface area contributed by atoms with Crippen molar-refractivity contribution in [2.75, 3.05) is 11.1 Å². The molecule has 0 saturated heterocycles. The lowest BCUT2D eigenvalue weighted by atomic mass is 9.89. The van der Waals surface area contributed by atoms with Gasteiger partial charge in [-0.05, 0) is 49.3 Å². The number of hydrogen-bond donors (Lipinski definition) is 2. The van der Waals surface area contributed by atoms with Gasteiger partial charge in [-0.25, -0.2) is 4.98 Å². The van der Waals surface area contributed by atoms with Crippen molar-refractivity contribution < 1.29 is 9.59 Å². The minimum Gasteiger partial charge on any atom is -0.366 e. The molecule has 10 heteroatoms. The van der Waals surface area contributed by atoms with Gasteiger partial charge in [-0.3, -0.25) is 19.0 Å². The number of carbonyl (C=O) groups excluding carboxylic acids is 2. The SMILES string of the molecule is CCn1c(SCC(=O)Nc2sc(-c3ccccc3)cc2C(N)=O)nc2sc3c(c2c1=O)CCC(C)C3. The van der Waals surface area contributed by atoms with Gasteiger partial charge < -0.3 is 11.1 Å². The summed E-state index contributed by atoms with van der Waals surface area (Å²) in [4.78, 5) is 45.9. The molecule has 0 saturated carbocycles. The van der Waals surface area contributed by atoms with Crippen molar-refractivity contribution >= 4 is 61.5 Å². The fraction of sp³-hybridized carbons (Fsp3) is 0.308. The number of primary amides is 1. The van der Waals surface area contributed by atoms with Crippen LogP contribution >= 0.6 is 34.4 Å². The van der Waals surface area contributed by atoms with E-state index in [0.717, 1.165) is 45.5 Å². The summed E-state index contributed by atoms with van der Waals surface area (Å²) in [5, 5.41) is 4.53. The highest BCUT2D eigenvalue weighted by molar-refractivity contribution is 7.99. The zero-order valence-electron chi connectivity index (χ0n) is 20.0. The maximum absolute atomic E-state index is 13.4. The first-order valence-corrected chi connectivity index (χ1v) is 14.4. The zero-order valence-corrected chi connectivity index (χ0v) is 22.4. The summed E-state index contributed by atoms with van der Waals surface area (Å²) < 4.78 is 1.65. The summed E-state index contributed by atoms with van der Waals surface area (Å²) in [6.45, 7) is 4.63. The average molecular weight is 539 g/mol. The van der Waals surface area contributed by atoms with Crippen molar-refractivity contribution in [2.24, 2.45) is 11.7 Å². The smallest absolute Gasteiger partial charge is 0.263 e. The van der Waals surface area contributed by atoms with E-state index in [1.807, 2.05) is 37.3 Å². The largest absolute Gasteiger partial charge is 0.366 e. The van der Waals surface area contributed by atoms with Gasteiger partial charge in [0.05, 0.1) is 16.7 Å². The maximum Gasteiger partial charge on any atom is 0.263 e. The lowest BCUT2D eigenvalue weighted by Crippen LogP contribution is -2.24. The van der Waals surface area contributed by atoms with Gasteiger partial charge in [-0.15, -0.1) is 22.7 Å². The third kappa shape index (κ3) is 4.72. The number of anilines is 1. The molecule has 1 aliphatic rings.